The molecule has 0 spiro atoms. The van der Waals surface area contributed by atoms with Gasteiger partial charge < -0.3 is 14.8 Å². The highest BCUT2D eigenvalue weighted by Crippen LogP contribution is 2.32. The molecule has 4 nitrogen and oxygen atoms in total. The Morgan fingerprint density at radius 3 is 2.61 bits per heavy atom. The van der Waals surface area contributed by atoms with Crippen molar-refractivity contribution in [2.75, 3.05) is 29.9 Å². The average molecular weight is 241 g/mol. The van der Waals surface area contributed by atoms with Gasteiger partial charge in [-0.05, 0) is 24.3 Å². The number of anilines is 2. The lowest BCUT2D eigenvalue weighted by Crippen LogP contribution is -2.42. The Hall–Kier alpha value is -2.23. The fourth-order valence-electron chi connectivity index (χ4n) is 2.33. The quantitative estimate of drug-likeness (QED) is 0.830. The summed E-state index contributed by atoms with van der Waals surface area (Å²) in [6, 6.07) is 11.7. The molecular formula is C14H15N3O. The number of aromatic nitrogens is 1. The Morgan fingerprint density at radius 1 is 1.11 bits per heavy atom. The van der Waals surface area contributed by atoms with E-state index in [0.29, 0.717) is 12.2 Å². The number of rotatable bonds is 1. The van der Waals surface area contributed by atoms with Crippen molar-refractivity contribution in [3.8, 4) is 0 Å². The van der Waals surface area contributed by atoms with Crippen molar-refractivity contribution < 1.29 is 4.79 Å². The third-order valence-electron chi connectivity index (χ3n) is 3.32. The fourth-order valence-corrected chi connectivity index (χ4v) is 2.33. The van der Waals surface area contributed by atoms with Crippen molar-refractivity contribution in [2.24, 2.45) is 0 Å². The second kappa shape index (κ2) is 4.22. The van der Waals surface area contributed by atoms with Crippen LogP contribution in [0.2, 0.25) is 0 Å². The van der Waals surface area contributed by atoms with Crippen molar-refractivity contribution in [2.45, 2.75) is 0 Å². The summed E-state index contributed by atoms with van der Waals surface area (Å²) in [5, 5.41) is 0. The summed E-state index contributed by atoms with van der Waals surface area (Å²) in [7, 11) is 2.05. The molecule has 18 heavy (non-hydrogen) atoms. The largest absolute Gasteiger partial charge is 0.371 e. The molecule has 0 saturated carbocycles. The summed E-state index contributed by atoms with van der Waals surface area (Å²) in [6.45, 7) is 1.56. The van der Waals surface area contributed by atoms with E-state index in [1.807, 2.05) is 41.3 Å². The molecule has 1 aliphatic heterocycles. The monoisotopic (exact) mass is 241 g/mol. The SMILES string of the molecule is CN1CCN(C(=O)c2ccc[nH]2)c2ccccc21. The maximum absolute atomic E-state index is 12.4. The summed E-state index contributed by atoms with van der Waals surface area (Å²) < 4.78 is 0. The van der Waals surface area contributed by atoms with Gasteiger partial charge in [0.15, 0.2) is 0 Å². The van der Waals surface area contributed by atoms with Gasteiger partial charge >= 0.3 is 0 Å². The molecule has 3 rings (SSSR count). The second-order valence-corrected chi connectivity index (χ2v) is 4.45. The predicted octanol–water partition coefficient (Wildman–Crippen LogP) is 2.11. The lowest BCUT2D eigenvalue weighted by Gasteiger charge is -2.35. The average Bonchev–Trinajstić information content (AvgIpc) is 2.93. The Balaban J connectivity index is 2.00. The predicted molar refractivity (Wildman–Crippen MR) is 72.2 cm³/mol. The summed E-state index contributed by atoms with van der Waals surface area (Å²) in [4.78, 5) is 19.4. The van der Waals surface area contributed by atoms with Crippen LogP contribution in [0, 0.1) is 0 Å². The van der Waals surface area contributed by atoms with Crippen LogP contribution < -0.4 is 9.80 Å². The zero-order valence-electron chi connectivity index (χ0n) is 10.3. The van der Waals surface area contributed by atoms with E-state index in [4.69, 9.17) is 0 Å². The van der Waals surface area contributed by atoms with Crippen LogP contribution >= 0.6 is 0 Å². The van der Waals surface area contributed by atoms with Gasteiger partial charge in [0.25, 0.3) is 5.91 Å². The van der Waals surface area contributed by atoms with E-state index < -0.39 is 0 Å². The Morgan fingerprint density at radius 2 is 1.89 bits per heavy atom. The molecule has 0 aliphatic carbocycles. The van der Waals surface area contributed by atoms with Crippen LogP contribution in [-0.2, 0) is 0 Å². The number of amides is 1. The molecule has 0 fully saturated rings. The van der Waals surface area contributed by atoms with Crippen LogP contribution in [0.4, 0.5) is 11.4 Å². The highest BCUT2D eigenvalue weighted by atomic mass is 16.2. The number of carbonyl (C=O) groups excluding carboxylic acids is 1. The van der Waals surface area contributed by atoms with Gasteiger partial charge in [0.05, 0.1) is 11.4 Å². The van der Waals surface area contributed by atoms with E-state index in [2.05, 4.69) is 16.9 Å². The number of nitrogens with one attached hydrogen (secondary N) is 1. The summed E-state index contributed by atoms with van der Waals surface area (Å²) in [6.07, 6.45) is 1.77. The van der Waals surface area contributed by atoms with E-state index in [-0.39, 0.29) is 5.91 Å². The number of H-pyrrole nitrogens is 1. The fraction of sp³-hybridized carbons (Fsp3) is 0.214. The first kappa shape index (κ1) is 10.9. The molecule has 1 aromatic heterocycles. The minimum atomic E-state index is 0.0283. The normalized spacial score (nSPS) is 14.5. The van der Waals surface area contributed by atoms with Crippen molar-refractivity contribution >= 4 is 17.3 Å². The number of likely N-dealkylation sites (N-methyl/N-ethyl adjacent to an activating group) is 1. The Kier molecular flexibility index (Phi) is 2.55. The summed E-state index contributed by atoms with van der Waals surface area (Å²) in [5.74, 6) is 0.0283. The maximum Gasteiger partial charge on any atom is 0.274 e. The van der Waals surface area contributed by atoms with Gasteiger partial charge in [0, 0.05) is 26.3 Å². The first-order chi connectivity index (χ1) is 8.77. The standard InChI is InChI=1S/C14H15N3O/c1-16-9-10-17(13-7-3-2-6-12(13)16)14(18)11-5-4-8-15-11/h2-8,15H,9-10H2,1H3. The number of fused-ring (bicyclic) bond motifs is 1. The molecule has 4 heteroatoms. The third-order valence-corrected chi connectivity index (χ3v) is 3.32. The molecule has 1 aliphatic rings. The zero-order chi connectivity index (χ0) is 12.5. The van der Waals surface area contributed by atoms with Crippen molar-refractivity contribution in [3.63, 3.8) is 0 Å². The molecule has 1 amide bonds. The van der Waals surface area contributed by atoms with Crippen LogP contribution in [0.3, 0.4) is 0 Å². The first-order valence-electron chi connectivity index (χ1n) is 6.03. The smallest absolute Gasteiger partial charge is 0.274 e. The van der Waals surface area contributed by atoms with Crippen LogP contribution in [-0.4, -0.2) is 31.0 Å². The molecular weight excluding hydrogens is 226 g/mol. The van der Waals surface area contributed by atoms with E-state index in [9.17, 15) is 4.79 Å². The summed E-state index contributed by atoms with van der Waals surface area (Å²) >= 11 is 0. The molecule has 2 heterocycles. The molecule has 0 bridgehead atoms. The van der Waals surface area contributed by atoms with Gasteiger partial charge in [-0.3, -0.25) is 4.79 Å². The molecule has 1 aromatic carbocycles. The van der Waals surface area contributed by atoms with Crippen LogP contribution in [0.5, 0.6) is 0 Å². The van der Waals surface area contributed by atoms with Crippen LogP contribution in [0.1, 0.15) is 10.5 Å². The van der Waals surface area contributed by atoms with Crippen molar-refractivity contribution in [1.82, 2.24) is 4.98 Å². The number of para-hydroxylation sites is 2. The lowest BCUT2D eigenvalue weighted by molar-refractivity contribution is 0.0982. The van der Waals surface area contributed by atoms with Crippen LogP contribution in [0.25, 0.3) is 0 Å². The first-order valence-corrected chi connectivity index (χ1v) is 6.03. The number of hydrogen-bond acceptors (Lipinski definition) is 2. The molecule has 0 atom stereocenters. The second-order valence-electron chi connectivity index (χ2n) is 4.45. The summed E-state index contributed by atoms with van der Waals surface area (Å²) in [5.41, 5.74) is 2.71. The van der Waals surface area contributed by atoms with Crippen LogP contribution in [0.15, 0.2) is 42.6 Å². The molecule has 2 aromatic rings. The Bertz CT molecular complexity index is 562. The molecule has 0 unspecified atom stereocenters. The van der Waals surface area contributed by atoms with Gasteiger partial charge in [0.2, 0.25) is 0 Å². The maximum atomic E-state index is 12.4. The Labute approximate surface area is 106 Å². The van der Waals surface area contributed by atoms with E-state index >= 15 is 0 Å². The van der Waals surface area contributed by atoms with E-state index in [1.54, 1.807) is 6.20 Å². The molecule has 92 valence electrons. The molecule has 0 radical (unpaired) electrons. The number of benzene rings is 1. The van der Waals surface area contributed by atoms with Gasteiger partial charge in [-0.2, -0.15) is 0 Å². The van der Waals surface area contributed by atoms with Gasteiger partial charge in [-0.1, -0.05) is 12.1 Å². The number of hydrogen-bond donors (Lipinski definition) is 1. The van der Waals surface area contributed by atoms with Gasteiger partial charge in [-0.25, -0.2) is 0 Å². The van der Waals surface area contributed by atoms with Crippen molar-refractivity contribution in [1.29, 1.82) is 0 Å². The van der Waals surface area contributed by atoms with E-state index in [0.717, 1.165) is 17.9 Å². The topological polar surface area (TPSA) is 39.3 Å². The zero-order valence-corrected chi connectivity index (χ0v) is 10.3. The highest BCUT2D eigenvalue weighted by Gasteiger charge is 2.25. The van der Waals surface area contributed by atoms with Crippen molar-refractivity contribution in [3.05, 3.63) is 48.3 Å². The number of carbonyl (C=O) groups is 1. The van der Waals surface area contributed by atoms with Gasteiger partial charge in [0.1, 0.15) is 5.69 Å². The lowest BCUT2D eigenvalue weighted by atomic mass is 10.1. The highest BCUT2D eigenvalue weighted by molar-refractivity contribution is 6.07. The number of nitrogens with zero attached hydrogens (tertiary/aromatic N) is 2. The molecule has 1 N–H and O–H groups in total. The third kappa shape index (κ3) is 1.66. The number of aromatic amines is 1. The minimum absolute atomic E-state index is 0.0283. The van der Waals surface area contributed by atoms with Gasteiger partial charge in [-0.15, -0.1) is 0 Å². The van der Waals surface area contributed by atoms with E-state index in [1.165, 1.54) is 0 Å². The minimum Gasteiger partial charge on any atom is -0.371 e. The molecule has 0 saturated heterocycles.